The van der Waals surface area contributed by atoms with Crippen LogP contribution in [-0.4, -0.2) is 8.42 Å². The first-order valence-electron chi connectivity index (χ1n) is 6.96. The third-order valence-electron chi connectivity index (χ3n) is 3.54. The zero-order valence-electron chi connectivity index (χ0n) is 13.1. The van der Waals surface area contributed by atoms with Crippen LogP contribution < -0.4 is 0 Å². The normalized spacial score (nSPS) is 12.0. The van der Waals surface area contributed by atoms with Crippen molar-refractivity contribution in [2.75, 3.05) is 0 Å². The lowest BCUT2D eigenvalue weighted by atomic mass is 9.99. The van der Waals surface area contributed by atoms with E-state index in [1.54, 1.807) is 0 Å². The molecular weight excluding hydrogens is 330 g/mol. The second-order valence-electron chi connectivity index (χ2n) is 5.39. The Bertz CT molecular complexity index is 897. The van der Waals surface area contributed by atoms with Crippen LogP contribution in [0.25, 0.3) is 6.08 Å². The van der Waals surface area contributed by atoms with E-state index in [9.17, 15) is 13.7 Å². The number of halogens is 1. The number of aryl methyl sites for hydroxylation is 3. The monoisotopic (exact) mass is 345 g/mol. The number of benzene rings is 2. The van der Waals surface area contributed by atoms with Gasteiger partial charge in [0, 0.05) is 5.02 Å². The van der Waals surface area contributed by atoms with E-state index in [-0.39, 0.29) is 9.80 Å². The predicted molar refractivity (Wildman–Crippen MR) is 92.9 cm³/mol. The molecule has 2 aromatic rings. The quantitative estimate of drug-likeness (QED) is 0.763. The molecule has 2 rings (SSSR count). The smallest absolute Gasteiger partial charge is 0.216 e. The first kappa shape index (κ1) is 17.3. The van der Waals surface area contributed by atoms with Gasteiger partial charge >= 0.3 is 0 Å². The zero-order valence-corrected chi connectivity index (χ0v) is 14.7. The van der Waals surface area contributed by atoms with Gasteiger partial charge in [0.05, 0.1) is 4.90 Å². The molecule has 23 heavy (non-hydrogen) atoms. The van der Waals surface area contributed by atoms with Gasteiger partial charge in [0.1, 0.15) is 11.0 Å². The van der Waals surface area contributed by atoms with Crippen molar-refractivity contribution in [1.29, 1.82) is 5.26 Å². The van der Waals surface area contributed by atoms with Gasteiger partial charge in [-0.3, -0.25) is 0 Å². The number of hydrogen-bond donors (Lipinski definition) is 0. The molecule has 0 N–H and O–H groups in total. The van der Waals surface area contributed by atoms with E-state index in [0.29, 0.717) is 5.02 Å². The summed E-state index contributed by atoms with van der Waals surface area (Å²) in [6.07, 6.45) is 1.44. The van der Waals surface area contributed by atoms with Crippen molar-refractivity contribution in [2.24, 2.45) is 0 Å². The molecule has 0 heterocycles. The molecule has 0 radical (unpaired) electrons. The summed E-state index contributed by atoms with van der Waals surface area (Å²) in [6, 6.07) is 11.5. The van der Waals surface area contributed by atoms with Crippen molar-refractivity contribution >= 4 is 27.5 Å². The summed E-state index contributed by atoms with van der Waals surface area (Å²) in [5.74, 6) is 0. The van der Waals surface area contributed by atoms with Crippen molar-refractivity contribution < 1.29 is 8.42 Å². The summed E-state index contributed by atoms with van der Waals surface area (Å²) < 4.78 is 25.3. The Balaban J connectivity index is 2.60. The zero-order chi connectivity index (χ0) is 17.2. The summed E-state index contributed by atoms with van der Waals surface area (Å²) in [6.45, 7) is 5.77. The Morgan fingerprint density at radius 3 is 2.09 bits per heavy atom. The molecule has 2 aromatic carbocycles. The lowest BCUT2D eigenvalue weighted by molar-refractivity contribution is 0.603. The molecule has 0 aliphatic carbocycles. The topological polar surface area (TPSA) is 57.9 Å². The predicted octanol–water partition coefficient (Wildman–Crippen LogP) is 4.60. The summed E-state index contributed by atoms with van der Waals surface area (Å²) in [5, 5.41) is 9.79. The number of nitrogens with zero attached hydrogens (tertiary/aromatic N) is 1. The van der Waals surface area contributed by atoms with Crippen LogP contribution in [0.4, 0.5) is 0 Å². The van der Waals surface area contributed by atoms with Gasteiger partial charge in [0.25, 0.3) is 0 Å². The van der Waals surface area contributed by atoms with Crippen LogP contribution in [0.15, 0.2) is 46.2 Å². The van der Waals surface area contributed by atoms with Crippen LogP contribution >= 0.6 is 11.6 Å². The molecule has 0 bridgehead atoms. The minimum Gasteiger partial charge on any atom is -0.218 e. The molecule has 0 spiro atoms. The first-order valence-corrected chi connectivity index (χ1v) is 8.82. The van der Waals surface area contributed by atoms with Crippen LogP contribution in [0.5, 0.6) is 0 Å². The lowest BCUT2D eigenvalue weighted by Crippen LogP contribution is -2.04. The van der Waals surface area contributed by atoms with Gasteiger partial charge in [-0.1, -0.05) is 29.3 Å². The Hall–Kier alpha value is -2.09. The average Bonchev–Trinajstić information content (AvgIpc) is 2.46. The number of nitriles is 1. The highest BCUT2D eigenvalue weighted by Gasteiger charge is 2.21. The summed E-state index contributed by atoms with van der Waals surface area (Å²) in [7, 11) is -3.87. The van der Waals surface area contributed by atoms with E-state index < -0.39 is 9.84 Å². The standard InChI is InChI=1S/C18H16ClNO2S/c1-12-8-13(2)18(14(3)9-12)10-17(11-20)23(21,22)16-6-4-15(19)5-7-16/h4-10H,1-3H3/b17-10+. The number of allylic oxidation sites excluding steroid dienone is 1. The van der Waals surface area contributed by atoms with E-state index in [1.807, 2.05) is 39.0 Å². The fraction of sp³-hybridized carbons (Fsp3) is 0.167. The molecule has 0 aromatic heterocycles. The maximum absolute atomic E-state index is 12.6. The Morgan fingerprint density at radius 1 is 1.09 bits per heavy atom. The molecule has 0 saturated heterocycles. The van der Waals surface area contributed by atoms with Gasteiger partial charge < -0.3 is 0 Å². The molecule has 0 saturated carbocycles. The highest BCUT2D eigenvalue weighted by atomic mass is 35.5. The number of sulfone groups is 1. The van der Waals surface area contributed by atoms with E-state index in [0.717, 1.165) is 22.3 Å². The first-order chi connectivity index (χ1) is 10.8. The summed E-state index contributed by atoms with van der Waals surface area (Å²) >= 11 is 5.79. The molecule has 0 unspecified atom stereocenters. The molecule has 3 nitrogen and oxygen atoms in total. The van der Waals surface area contributed by atoms with E-state index in [1.165, 1.54) is 30.3 Å². The van der Waals surface area contributed by atoms with Crippen LogP contribution in [0.2, 0.25) is 5.02 Å². The third kappa shape index (κ3) is 3.64. The summed E-state index contributed by atoms with van der Waals surface area (Å²) in [4.78, 5) is -0.230. The van der Waals surface area contributed by atoms with E-state index in [4.69, 9.17) is 11.6 Å². The Kier molecular flexibility index (Phi) is 4.93. The second-order valence-corrected chi connectivity index (χ2v) is 7.74. The van der Waals surface area contributed by atoms with Crippen molar-refractivity contribution in [2.45, 2.75) is 25.7 Å². The molecule has 0 aliphatic heterocycles. The molecule has 0 atom stereocenters. The number of rotatable bonds is 3. The number of hydrogen-bond acceptors (Lipinski definition) is 3. The van der Waals surface area contributed by atoms with Crippen molar-refractivity contribution in [3.05, 3.63) is 68.6 Å². The average molecular weight is 346 g/mol. The van der Waals surface area contributed by atoms with Gasteiger partial charge in [0.15, 0.2) is 0 Å². The van der Waals surface area contributed by atoms with E-state index >= 15 is 0 Å². The van der Waals surface area contributed by atoms with Gasteiger partial charge in [0.2, 0.25) is 9.84 Å². The highest BCUT2D eigenvalue weighted by Crippen LogP contribution is 2.25. The van der Waals surface area contributed by atoms with Gasteiger partial charge in [-0.2, -0.15) is 5.26 Å². The highest BCUT2D eigenvalue weighted by molar-refractivity contribution is 7.95. The molecule has 5 heteroatoms. The van der Waals surface area contributed by atoms with Crippen LogP contribution in [0.3, 0.4) is 0 Å². The van der Waals surface area contributed by atoms with Crippen molar-refractivity contribution in [3.63, 3.8) is 0 Å². The Labute approximate surface area is 141 Å². The van der Waals surface area contributed by atoms with Crippen molar-refractivity contribution in [3.8, 4) is 6.07 Å². The maximum atomic E-state index is 12.6. The third-order valence-corrected chi connectivity index (χ3v) is 5.47. The SMILES string of the molecule is Cc1cc(C)c(/C=C(\C#N)S(=O)(=O)c2ccc(Cl)cc2)c(C)c1. The van der Waals surface area contributed by atoms with Gasteiger partial charge in [-0.15, -0.1) is 0 Å². The van der Waals surface area contributed by atoms with Gasteiger partial charge in [-0.05, 0) is 67.8 Å². The fourth-order valence-corrected chi connectivity index (χ4v) is 3.73. The largest absolute Gasteiger partial charge is 0.218 e. The maximum Gasteiger partial charge on any atom is 0.216 e. The molecule has 0 amide bonds. The van der Waals surface area contributed by atoms with E-state index in [2.05, 4.69) is 0 Å². The Morgan fingerprint density at radius 2 is 1.61 bits per heavy atom. The van der Waals surface area contributed by atoms with Crippen LogP contribution in [0.1, 0.15) is 22.3 Å². The van der Waals surface area contributed by atoms with Gasteiger partial charge in [-0.25, -0.2) is 8.42 Å². The molecule has 0 fully saturated rings. The summed E-state index contributed by atoms with van der Waals surface area (Å²) in [5.41, 5.74) is 3.71. The molecular formula is C18H16ClNO2S. The van der Waals surface area contributed by atoms with Crippen LogP contribution in [0, 0.1) is 32.1 Å². The molecule has 118 valence electrons. The van der Waals surface area contributed by atoms with Crippen LogP contribution in [-0.2, 0) is 9.84 Å². The minimum absolute atomic E-state index is 0.0529. The molecule has 0 aliphatic rings. The second kappa shape index (κ2) is 6.57. The van der Waals surface area contributed by atoms with Crippen molar-refractivity contribution in [1.82, 2.24) is 0 Å². The fourth-order valence-electron chi connectivity index (χ4n) is 2.46. The lowest BCUT2D eigenvalue weighted by Gasteiger charge is -2.09. The minimum atomic E-state index is -3.87.